The zero-order valence-electron chi connectivity index (χ0n) is 19.7. The summed E-state index contributed by atoms with van der Waals surface area (Å²) >= 11 is 0. The van der Waals surface area contributed by atoms with E-state index in [2.05, 4.69) is 36.3 Å². The number of pyridine rings is 1. The Morgan fingerprint density at radius 3 is 2.47 bits per heavy atom. The van der Waals surface area contributed by atoms with Crippen LogP contribution in [0.1, 0.15) is 47.1 Å². The third-order valence-electron chi connectivity index (χ3n) is 6.67. The van der Waals surface area contributed by atoms with Crippen molar-refractivity contribution in [2.45, 2.75) is 53.0 Å². The number of rotatable bonds is 5. The van der Waals surface area contributed by atoms with Crippen LogP contribution in [0.4, 0.5) is 0 Å². The van der Waals surface area contributed by atoms with Gasteiger partial charge in [-0.3, -0.25) is 14.5 Å². The van der Waals surface area contributed by atoms with Gasteiger partial charge in [-0.25, -0.2) is 0 Å². The molecule has 0 radical (unpaired) electrons. The van der Waals surface area contributed by atoms with Crippen LogP contribution in [0.25, 0.3) is 11.1 Å². The molecule has 32 heavy (non-hydrogen) atoms. The van der Waals surface area contributed by atoms with Gasteiger partial charge in [0.25, 0.3) is 0 Å². The summed E-state index contributed by atoms with van der Waals surface area (Å²) in [6, 6.07) is 12.4. The van der Waals surface area contributed by atoms with E-state index in [-0.39, 0.29) is 5.91 Å². The van der Waals surface area contributed by atoms with E-state index in [0.717, 1.165) is 71.1 Å². The van der Waals surface area contributed by atoms with Crippen molar-refractivity contribution in [1.29, 1.82) is 0 Å². The van der Waals surface area contributed by atoms with Crippen molar-refractivity contribution in [3.63, 3.8) is 0 Å². The molecule has 1 aromatic carbocycles. The Bertz CT molecular complexity index is 1130. The van der Waals surface area contributed by atoms with Crippen LogP contribution in [-0.4, -0.2) is 45.8 Å². The summed E-state index contributed by atoms with van der Waals surface area (Å²) < 4.78 is 7.22. The van der Waals surface area contributed by atoms with Crippen LogP contribution >= 0.6 is 0 Å². The van der Waals surface area contributed by atoms with Crippen LogP contribution in [0, 0.1) is 27.7 Å². The Hall–Kier alpha value is -3.15. The van der Waals surface area contributed by atoms with Crippen molar-refractivity contribution in [1.82, 2.24) is 19.7 Å². The average molecular weight is 433 g/mol. The molecule has 0 aliphatic carbocycles. The number of benzene rings is 1. The highest BCUT2D eigenvalue weighted by atomic mass is 16.5. The number of hydrogen-bond donors (Lipinski definition) is 0. The van der Waals surface area contributed by atoms with Crippen molar-refractivity contribution in [2.75, 3.05) is 20.2 Å². The lowest BCUT2D eigenvalue weighted by Gasteiger charge is -2.32. The Labute approximate surface area is 190 Å². The minimum absolute atomic E-state index is 0.142. The number of aryl methyl sites for hydroxylation is 2. The molecule has 0 bridgehead atoms. The monoisotopic (exact) mass is 432 g/mol. The summed E-state index contributed by atoms with van der Waals surface area (Å²) in [6.45, 7) is 9.94. The highest BCUT2D eigenvalue weighted by Gasteiger charge is 2.26. The smallest absolute Gasteiger partial charge is 0.244 e. The third-order valence-corrected chi connectivity index (χ3v) is 6.67. The molecule has 6 heteroatoms. The van der Waals surface area contributed by atoms with Gasteiger partial charge < -0.3 is 9.64 Å². The van der Waals surface area contributed by atoms with Gasteiger partial charge in [0.15, 0.2) is 0 Å². The van der Waals surface area contributed by atoms with Gasteiger partial charge in [-0.2, -0.15) is 5.10 Å². The first-order valence-electron chi connectivity index (χ1n) is 11.3. The van der Waals surface area contributed by atoms with Gasteiger partial charge in [-0.15, -0.1) is 0 Å². The fourth-order valence-electron chi connectivity index (χ4n) is 4.47. The fourth-order valence-corrected chi connectivity index (χ4v) is 4.47. The van der Waals surface area contributed by atoms with E-state index in [1.165, 1.54) is 0 Å². The number of piperidine rings is 1. The molecule has 0 saturated carbocycles. The predicted molar refractivity (Wildman–Crippen MR) is 126 cm³/mol. The van der Waals surface area contributed by atoms with E-state index in [1.54, 1.807) is 7.11 Å². The maximum Gasteiger partial charge on any atom is 0.244 e. The summed E-state index contributed by atoms with van der Waals surface area (Å²) in [4.78, 5) is 19.7. The molecule has 4 rings (SSSR count). The largest absolute Gasteiger partial charge is 0.497 e. The van der Waals surface area contributed by atoms with Crippen molar-refractivity contribution in [3.05, 3.63) is 64.7 Å². The first-order valence-corrected chi connectivity index (χ1v) is 11.3. The van der Waals surface area contributed by atoms with E-state index >= 15 is 0 Å². The van der Waals surface area contributed by atoms with Crippen molar-refractivity contribution < 1.29 is 9.53 Å². The minimum atomic E-state index is 0.142. The number of methoxy groups -OCH3 is 1. The number of hydrogen-bond acceptors (Lipinski definition) is 4. The number of aromatic nitrogens is 3. The van der Waals surface area contributed by atoms with E-state index in [9.17, 15) is 4.79 Å². The quantitative estimate of drug-likeness (QED) is 0.591. The Kier molecular flexibility index (Phi) is 6.31. The molecule has 6 nitrogen and oxygen atoms in total. The van der Waals surface area contributed by atoms with E-state index in [1.807, 2.05) is 42.5 Å². The van der Waals surface area contributed by atoms with Gasteiger partial charge in [-0.05, 0) is 81.5 Å². The number of carbonyl (C=O) groups is 1. The topological polar surface area (TPSA) is 60.2 Å². The highest BCUT2D eigenvalue weighted by Crippen LogP contribution is 2.31. The van der Waals surface area contributed by atoms with Crippen LogP contribution in [0.5, 0.6) is 5.75 Å². The molecule has 1 saturated heterocycles. The summed E-state index contributed by atoms with van der Waals surface area (Å²) in [5, 5.41) is 4.52. The number of nitrogens with zero attached hydrogens (tertiary/aromatic N) is 4. The van der Waals surface area contributed by atoms with Crippen LogP contribution in [0.15, 0.2) is 36.4 Å². The van der Waals surface area contributed by atoms with Crippen molar-refractivity contribution >= 4 is 5.91 Å². The van der Waals surface area contributed by atoms with Crippen LogP contribution < -0.4 is 4.74 Å². The van der Waals surface area contributed by atoms with Gasteiger partial charge in [0.2, 0.25) is 5.91 Å². The Morgan fingerprint density at radius 1 is 1.06 bits per heavy atom. The van der Waals surface area contributed by atoms with Crippen LogP contribution in [-0.2, 0) is 11.3 Å². The zero-order chi connectivity index (χ0) is 22.8. The lowest BCUT2D eigenvalue weighted by molar-refractivity contribution is -0.133. The second-order valence-electron chi connectivity index (χ2n) is 8.76. The van der Waals surface area contributed by atoms with Gasteiger partial charge in [0.05, 0.1) is 12.8 Å². The second-order valence-corrected chi connectivity index (χ2v) is 8.76. The van der Waals surface area contributed by atoms with E-state index in [0.29, 0.717) is 12.5 Å². The fraction of sp³-hybridized carbons (Fsp3) is 0.423. The molecule has 0 N–H and O–H groups in total. The molecule has 0 spiro atoms. The molecule has 3 aromatic rings. The molecule has 1 aliphatic rings. The average Bonchev–Trinajstić information content (AvgIpc) is 3.05. The molecule has 1 aliphatic heterocycles. The Balaban J connectivity index is 1.44. The minimum Gasteiger partial charge on any atom is -0.497 e. The SMILES string of the molecule is COc1cccc(-c2cc(C)nc(C3CCN(C(=O)Cn4nc(C)c(C)c4C)CC3)c2)c1. The van der Waals surface area contributed by atoms with Crippen molar-refractivity contribution in [2.24, 2.45) is 0 Å². The lowest BCUT2D eigenvalue weighted by Crippen LogP contribution is -2.40. The molecule has 3 heterocycles. The molecule has 1 fully saturated rings. The molecular weight excluding hydrogens is 400 g/mol. The van der Waals surface area contributed by atoms with Gasteiger partial charge in [0.1, 0.15) is 12.3 Å². The van der Waals surface area contributed by atoms with E-state index < -0.39 is 0 Å². The summed E-state index contributed by atoms with van der Waals surface area (Å²) in [5.41, 5.74) is 7.64. The lowest BCUT2D eigenvalue weighted by atomic mass is 9.91. The molecular formula is C26H32N4O2. The molecule has 2 aromatic heterocycles. The summed E-state index contributed by atoms with van der Waals surface area (Å²) in [5.74, 6) is 1.35. The number of likely N-dealkylation sites (tertiary alicyclic amines) is 1. The summed E-state index contributed by atoms with van der Waals surface area (Å²) in [6.07, 6.45) is 1.85. The number of ether oxygens (including phenoxy) is 1. The zero-order valence-corrected chi connectivity index (χ0v) is 19.7. The van der Waals surface area contributed by atoms with Gasteiger partial charge >= 0.3 is 0 Å². The number of carbonyl (C=O) groups excluding carboxylic acids is 1. The third kappa shape index (κ3) is 4.54. The normalized spacial score (nSPS) is 14.6. The molecule has 168 valence electrons. The van der Waals surface area contributed by atoms with E-state index in [4.69, 9.17) is 9.72 Å². The molecule has 0 atom stereocenters. The highest BCUT2D eigenvalue weighted by molar-refractivity contribution is 5.76. The first-order chi connectivity index (χ1) is 15.4. The van der Waals surface area contributed by atoms with Gasteiger partial charge in [0, 0.05) is 36.1 Å². The van der Waals surface area contributed by atoms with Crippen molar-refractivity contribution in [3.8, 4) is 16.9 Å². The first kappa shape index (κ1) is 22.1. The standard InChI is InChI=1S/C26H32N4O2/c1-17-13-23(22-7-6-8-24(14-22)32-5)15-25(27-17)21-9-11-29(12-10-21)26(31)16-30-20(4)18(2)19(3)28-30/h6-8,13-15,21H,9-12,16H2,1-5H3. The Morgan fingerprint density at radius 2 is 1.81 bits per heavy atom. The summed E-state index contributed by atoms with van der Waals surface area (Å²) in [7, 11) is 1.69. The van der Waals surface area contributed by atoms with Gasteiger partial charge in [-0.1, -0.05) is 12.1 Å². The second kappa shape index (κ2) is 9.15. The maximum atomic E-state index is 12.9. The molecule has 0 unspecified atom stereocenters. The van der Waals surface area contributed by atoms with Crippen LogP contribution in [0.2, 0.25) is 0 Å². The predicted octanol–water partition coefficient (Wildman–Crippen LogP) is 4.59. The van der Waals surface area contributed by atoms with Crippen LogP contribution in [0.3, 0.4) is 0 Å². The maximum absolute atomic E-state index is 12.9. The number of amides is 1. The molecule has 1 amide bonds.